The zero-order valence-electron chi connectivity index (χ0n) is 19.2. The van der Waals surface area contributed by atoms with Crippen LogP contribution in [-0.4, -0.2) is 81.7 Å². The predicted molar refractivity (Wildman–Crippen MR) is 118 cm³/mol. The Morgan fingerprint density at radius 2 is 2.06 bits per heavy atom. The topological polar surface area (TPSA) is 131 Å². The van der Waals surface area contributed by atoms with Gasteiger partial charge in [0.1, 0.15) is 12.6 Å². The Hall–Kier alpha value is -3.55. The van der Waals surface area contributed by atoms with Gasteiger partial charge in [0.2, 0.25) is 11.8 Å². The van der Waals surface area contributed by atoms with Gasteiger partial charge in [0, 0.05) is 43.4 Å². The first kappa shape index (κ1) is 24.6. The van der Waals surface area contributed by atoms with Crippen LogP contribution in [0.1, 0.15) is 42.0 Å². The van der Waals surface area contributed by atoms with Crippen molar-refractivity contribution >= 4 is 22.9 Å². The van der Waals surface area contributed by atoms with E-state index in [1.54, 1.807) is 18.4 Å². The van der Waals surface area contributed by atoms with Gasteiger partial charge in [-0.15, -0.1) is 0 Å². The Labute approximate surface area is 198 Å². The van der Waals surface area contributed by atoms with E-state index in [0.717, 1.165) is 23.9 Å². The first-order valence-corrected chi connectivity index (χ1v) is 11.0. The van der Waals surface area contributed by atoms with Crippen LogP contribution in [0.2, 0.25) is 0 Å². The third kappa shape index (κ3) is 6.12. The number of methoxy groups -OCH3 is 1. The monoisotopic (exact) mass is 494 g/mol. The van der Waals surface area contributed by atoms with Crippen molar-refractivity contribution in [3.8, 4) is 6.01 Å². The highest BCUT2D eigenvalue weighted by Gasteiger charge is 2.30. The zero-order valence-corrected chi connectivity index (χ0v) is 19.2. The van der Waals surface area contributed by atoms with Gasteiger partial charge in [-0.2, -0.15) is 33.2 Å². The lowest BCUT2D eigenvalue weighted by atomic mass is 9.92. The van der Waals surface area contributed by atoms with Crippen LogP contribution in [0.5, 0.6) is 6.01 Å². The van der Waals surface area contributed by atoms with Crippen molar-refractivity contribution in [2.75, 3.05) is 38.3 Å². The first-order valence-electron chi connectivity index (χ1n) is 11.0. The molecule has 1 saturated heterocycles. The second-order valence-electron chi connectivity index (χ2n) is 8.20. The molecule has 1 atom stereocenters. The first-order chi connectivity index (χ1) is 16.7. The van der Waals surface area contributed by atoms with Gasteiger partial charge in [-0.1, -0.05) is 0 Å². The SMILES string of the molecule is COCC(C)Oc1nc(C(=O)NCC(F)(F)F)nc(N2CCC(c3[nH]nc4ncccc34)CC2)n1. The summed E-state index contributed by atoms with van der Waals surface area (Å²) in [4.78, 5) is 30.8. The van der Waals surface area contributed by atoms with Crippen LogP contribution < -0.4 is 15.0 Å². The molecule has 1 aliphatic heterocycles. The second-order valence-corrected chi connectivity index (χ2v) is 8.20. The number of aromatic amines is 1. The molecule has 0 aliphatic carbocycles. The summed E-state index contributed by atoms with van der Waals surface area (Å²) in [6, 6.07) is 3.67. The Kier molecular flexibility index (Phi) is 7.28. The van der Waals surface area contributed by atoms with E-state index in [4.69, 9.17) is 9.47 Å². The molecule has 2 N–H and O–H groups in total. The van der Waals surface area contributed by atoms with Crippen molar-refractivity contribution in [3.63, 3.8) is 0 Å². The number of aromatic nitrogens is 6. The summed E-state index contributed by atoms with van der Waals surface area (Å²) in [5, 5.41) is 10.1. The molecule has 4 rings (SSSR count). The van der Waals surface area contributed by atoms with E-state index in [1.807, 2.05) is 17.0 Å². The Balaban J connectivity index is 1.52. The van der Waals surface area contributed by atoms with E-state index in [1.165, 1.54) is 7.11 Å². The summed E-state index contributed by atoms with van der Waals surface area (Å²) in [6.07, 6.45) is -1.85. The fraction of sp³-hybridized carbons (Fsp3) is 0.524. The number of H-pyrrole nitrogens is 1. The van der Waals surface area contributed by atoms with Crippen molar-refractivity contribution in [2.24, 2.45) is 0 Å². The van der Waals surface area contributed by atoms with Gasteiger partial charge in [0.05, 0.1) is 6.61 Å². The summed E-state index contributed by atoms with van der Waals surface area (Å²) in [6.45, 7) is 1.54. The van der Waals surface area contributed by atoms with E-state index in [2.05, 4.69) is 30.1 Å². The van der Waals surface area contributed by atoms with Gasteiger partial charge in [0.15, 0.2) is 5.65 Å². The number of ether oxygens (including phenoxy) is 2. The van der Waals surface area contributed by atoms with Crippen LogP contribution in [0, 0.1) is 0 Å². The highest BCUT2D eigenvalue weighted by atomic mass is 19.4. The summed E-state index contributed by atoms with van der Waals surface area (Å²) in [5.41, 5.74) is 1.66. The Bertz CT molecular complexity index is 1160. The predicted octanol–water partition coefficient (Wildman–Crippen LogP) is 2.23. The van der Waals surface area contributed by atoms with Crippen molar-refractivity contribution < 1.29 is 27.4 Å². The van der Waals surface area contributed by atoms with Crippen LogP contribution in [0.4, 0.5) is 19.1 Å². The number of hydrogen-bond acceptors (Lipinski definition) is 9. The fourth-order valence-electron chi connectivity index (χ4n) is 3.90. The standard InChI is InChI=1S/C21H25F3N8O3/c1-12(10-34-2)35-20-28-17(18(33)26-11-21(22,23)24)27-19(29-20)32-8-5-13(6-9-32)15-14-4-3-7-25-16(14)31-30-15/h3-4,7,12-13H,5-6,8-11H2,1-2H3,(H,26,33)(H,25,30,31). The zero-order chi connectivity index (χ0) is 25.0. The van der Waals surface area contributed by atoms with Crippen LogP contribution in [0.3, 0.4) is 0 Å². The number of halogens is 3. The van der Waals surface area contributed by atoms with Gasteiger partial charge < -0.3 is 19.7 Å². The highest BCUT2D eigenvalue weighted by molar-refractivity contribution is 5.90. The maximum Gasteiger partial charge on any atom is 0.405 e. The van der Waals surface area contributed by atoms with Crippen LogP contribution >= 0.6 is 0 Å². The highest BCUT2D eigenvalue weighted by Crippen LogP contribution is 2.32. The number of rotatable bonds is 8. The van der Waals surface area contributed by atoms with Crippen molar-refractivity contribution in [2.45, 2.75) is 38.0 Å². The number of pyridine rings is 1. The lowest BCUT2D eigenvalue weighted by Crippen LogP contribution is -2.37. The number of nitrogens with one attached hydrogen (secondary N) is 2. The van der Waals surface area contributed by atoms with Gasteiger partial charge in [-0.05, 0) is 31.9 Å². The average molecular weight is 494 g/mol. The minimum absolute atomic E-state index is 0.159. The summed E-state index contributed by atoms with van der Waals surface area (Å²) in [5.74, 6) is -1.16. The quantitative estimate of drug-likeness (QED) is 0.484. The molecule has 1 amide bonds. The number of carbonyl (C=O) groups excluding carboxylic acids is 1. The second kappa shape index (κ2) is 10.4. The molecule has 188 valence electrons. The van der Waals surface area contributed by atoms with E-state index < -0.39 is 30.6 Å². The third-order valence-electron chi connectivity index (χ3n) is 5.51. The molecular weight excluding hydrogens is 469 g/mol. The Morgan fingerprint density at radius 3 is 2.77 bits per heavy atom. The lowest BCUT2D eigenvalue weighted by molar-refractivity contribution is -0.123. The molecule has 1 fully saturated rings. The molecule has 14 heteroatoms. The van der Waals surface area contributed by atoms with Crippen LogP contribution in [-0.2, 0) is 4.74 Å². The molecule has 0 spiro atoms. The molecule has 11 nitrogen and oxygen atoms in total. The van der Waals surface area contributed by atoms with Crippen molar-refractivity contribution in [3.05, 3.63) is 29.8 Å². The van der Waals surface area contributed by atoms with E-state index in [9.17, 15) is 18.0 Å². The number of hydrogen-bond donors (Lipinski definition) is 2. The molecule has 0 aromatic carbocycles. The Morgan fingerprint density at radius 1 is 1.29 bits per heavy atom. The number of fused-ring (bicyclic) bond motifs is 1. The van der Waals surface area contributed by atoms with Gasteiger partial charge in [0.25, 0.3) is 5.91 Å². The minimum atomic E-state index is -4.56. The lowest BCUT2D eigenvalue weighted by Gasteiger charge is -2.31. The summed E-state index contributed by atoms with van der Waals surface area (Å²) < 4.78 is 48.3. The van der Waals surface area contributed by atoms with Gasteiger partial charge in [-0.25, -0.2) is 4.98 Å². The maximum absolute atomic E-state index is 12.6. The molecular formula is C21H25F3N8O3. The largest absolute Gasteiger partial charge is 0.458 e. The van der Waals surface area contributed by atoms with Crippen LogP contribution in [0.25, 0.3) is 11.0 Å². The maximum atomic E-state index is 12.6. The normalized spacial score (nSPS) is 15.9. The van der Waals surface area contributed by atoms with Crippen LogP contribution in [0.15, 0.2) is 18.3 Å². The van der Waals surface area contributed by atoms with Gasteiger partial charge >= 0.3 is 12.2 Å². The summed E-state index contributed by atoms with van der Waals surface area (Å²) >= 11 is 0. The number of nitrogens with zero attached hydrogens (tertiary/aromatic N) is 6. The van der Waals surface area contributed by atoms with E-state index in [-0.39, 0.29) is 24.5 Å². The molecule has 3 aromatic heterocycles. The molecule has 35 heavy (non-hydrogen) atoms. The molecule has 4 heterocycles. The average Bonchev–Trinajstić information content (AvgIpc) is 3.26. The number of alkyl halides is 3. The third-order valence-corrected chi connectivity index (χ3v) is 5.51. The molecule has 1 aliphatic rings. The minimum Gasteiger partial charge on any atom is -0.458 e. The molecule has 0 saturated carbocycles. The fourth-order valence-corrected chi connectivity index (χ4v) is 3.90. The van der Waals surface area contributed by atoms with E-state index >= 15 is 0 Å². The number of piperidine rings is 1. The molecule has 0 bridgehead atoms. The smallest absolute Gasteiger partial charge is 0.405 e. The van der Waals surface area contributed by atoms with Crippen molar-refractivity contribution in [1.29, 1.82) is 0 Å². The number of anilines is 1. The summed E-state index contributed by atoms with van der Waals surface area (Å²) in [7, 11) is 1.50. The number of carbonyl (C=O) groups is 1. The molecule has 3 aromatic rings. The number of amides is 1. The molecule has 0 radical (unpaired) electrons. The molecule has 1 unspecified atom stereocenters. The van der Waals surface area contributed by atoms with Gasteiger partial charge in [-0.3, -0.25) is 9.89 Å². The van der Waals surface area contributed by atoms with E-state index in [0.29, 0.717) is 18.7 Å². The van der Waals surface area contributed by atoms with Crippen molar-refractivity contribution in [1.82, 2.24) is 35.5 Å².